The Morgan fingerprint density at radius 3 is 2.14 bits per heavy atom. The Kier molecular flexibility index (Phi) is 5.68. The van der Waals surface area contributed by atoms with Crippen LogP contribution < -0.4 is 4.72 Å². The van der Waals surface area contributed by atoms with Crippen molar-refractivity contribution < 1.29 is 8.42 Å². The van der Waals surface area contributed by atoms with Crippen LogP contribution in [0.5, 0.6) is 0 Å². The number of rotatable bonds is 5. The number of sulfonamides is 1. The SMILES string of the molecule is O=S(=O)(NCc1ccc(CBr)cc1)c1ccc(Cl)c(Cl)c1. The lowest BCUT2D eigenvalue weighted by molar-refractivity contribution is 0.581. The molecule has 0 aliphatic heterocycles. The van der Waals surface area contributed by atoms with E-state index in [1.54, 1.807) is 0 Å². The van der Waals surface area contributed by atoms with Gasteiger partial charge in [0.1, 0.15) is 0 Å². The molecule has 1 N–H and O–H groups in total. The quantitative estimate of drug-likeness (QED) is 0.746. The fourth-order valence-corrected chi connectivity index (χ4v) is 3.43. The molecule has 2 rings (SSSR count). The molecule has 2 aromatic rings. The van der Waals surface area contributed by atoms with Crippen molar-refractivity contribution in [2.75, 3.05) is 0 Å². The van der Waals surface area contributed by atoms with Gasteiger partial charge in [0.25, 0.3) is 0 Å². The van der Waals surface area contributed by atoms with Crippen molar-refractivity contribution in [3.8, 4) is 0 Å². The fraction of sp³-hybridized carbons (Fsp3) is 0.143. The van der Waals surface area contributed by atoms with Crippen molar-refractivity contribution in [1.82, 2.24) is 4.72 Å². The van der Waals surface area contributed by atoms with E-state index in [2.05, 4.69) is 20.7 Å². The van der Waals surface area contributed by atoms with E-state index >= 15 is 0 Å². The Labute approximate surface area is 142 Å². The standard InChI is InChI=1S/C14H12BrCl2NO2S/c15-8-10-1-3-11(4-2-10)9-18-21(19,20)12-5-6-13(16)14(17)7-12/h1-7,18H,8-9H2. The molecule has 0 heterocycles. The highest BCUT2D eigenvalue weighted by Crippen LogP contribution is 2.24. The first-order valence-corrected chi connectivity index (χ1v) is 9.37. The molecule has 0 aliphatic rings. The second-order valence-corrected chi connectivity index (χ2v) is 7.49. The van der Waals surface area contributed by atoms with Crippen molar-refractivity contribution in [1.29, 1.82) is 0 Å². The van der Waals surface area contributed by atoms with Gasteiger partial charge in [-0.05, 0) is 29.3 Å². The largest absolute Gasteiger partial charge is 0.240 e. The molecule has 0 fully saturated rings. The molecule has 0 radical (unpaired) electrons. The monoisotopic (exact) mass is 407 g/mol. The first-order valence-electron chi connectivity index (χ1n) is 6.01. The second kappa shape index (κ2) is 7.11. The van der Waals surface area contributed by atoms with Gasteiger partial charge in [-0.15, -0.1) is 0 Å². The van der Waals surface area contributed by atoms with Crippen LogP contribution in [0.15, 0.2) is 47.4 Å². The minimum atomic E-state index is -3.62. The van der Waals surface area contributed by atoms with Crippen molar-refractivity contribution >= 4 is 49.2 Å². The van der Waals surface area contributed by atoms with Gasteiger partial charge in [-0.3, -0.25) is 0 Å². The van der Waals surface area contributed by atoms with Crippen LogP contribution in [-0.4, -0.2) is 8.42 Å². The van der Waals surface area contributed by atoms with E-state index in [1.165, 1.54) is 18.2 Å². The topological polar surface area (TPSA) is 46.2 Å². The van der Waals surface area contributed by atoms with Gasteiger partial charge in [0.05, 0.1) is 14.9 Å². The number of nitrogens with one attached hydrogen (secondary N) is 1. The molecule has 3 nitrogen and oxygen atoms in total. The average molecular weight is 409 g/mol. The summed E-state index contributed by atoms with van der Waals surface area (Å²) in [7, 11) is -3.62. The summed E-state index contributed by atoms with van der Waals surface area (Å²) in [6, 6.07) is 11.9. The van der Waals surface area contributed by atoms with Crippen molar-refractivity contribution in [3.05, 3.63) is 63.6 Å². The number of benzene rings is 2. The molecule has 2 aromatic carbocycles. The predicted molar refractivity (Wildman–Crippen MR) is 89.6 cm³/mol. The molecule has 0 unspecified atom stereocenters. The lowest BCUT2D eigenvalue weighted by Crippen LogP contribution is -2.23. The summed E-state index contributed by atoms with van der Waals surface area (Å²) in [6.45, 7) is 0.213. The van der Waals surface area contributed by atoms with Gasteiger partial charge in [0.2, 0.25) is 10.0 Å². The molecule has 0 amide bonds. The Morgan fingerprint density at radius 2 is 1.57 bits per heavy atom. The molecular formula is C14H12BrCl2NO2S. The molecule has 0 spiro atoms. The first kappa shape index (κ1) is 16.8. The highest BCUT2D eigenvalue weighted by atomic mass is 79.9. The van der Waals surface area contributed by atoms with Crippen LogP contribution in [0.4, 0.5) is 0 Å². The third-order valence-electron chi connectivity index (χ3n) is 2.84. The maximum atomic E-state index is 12.2. The average Bonchev–Trinajstić information content (AvgIpc) is 2.48. The number of alkyl halides is 1. The van der Waals surface area contributed by atoms with E-state index in [0.717, 1.165) is 16.5 Å². The molecule has 112 valence electrons. The molecule has 21 heavy (non-hydrogen) atoms. The van der Waals surface area contributed by atoms with Gasteiger partial charge in [0, 0.05) is 11.9 Å². The van der Waals surface area contributed by atoms with Crippen LogP contribution in [0, 0.1) is 0 Å². The van der Waals surface area contributed by atoms with Crippen molar-refractivity contribution in [2.45, 2.75) is 16.8 Å². The normalized spacial score (nSPS) is 11.6. The Balaban J connectivity index is 2.11. The summed E-state index contributed by atoms with van der Waals surface area (Å²) in [5.74, 6) is 0. The number of hydrogen-bond donors (Lipinski definition) is 1. The third-order valence-corrected chi connectivity index (χ3v) is 5.63. The molecule has 0 atom stereocenters. The minimum Gasteiger partial charge on any atom is -0.207 e. The zero-order valence-electron chi connectivity index (χ0n) is 10.8. The number of hydrogen-bond acceptors (Lipinski definition) is 2. The summed E-state index contributed by atoms with van der Waals surface area (Å²) >= 11 is 15.0. The minimum absolute atomic E-state index is 0.0916. The maximum absolute atomic E-state index is 12.2. The predicted octanol–water partition coefficient (Wildman–Crippen LogP) is 4.37. The zero-order chi connectivity index (χ0) is 15.5. The fourth-order valence-electron chi connectivity index (χ4n) is 1.65. The summed E-state index contributed by atoms with van der Waals surface area (Å²) in [4.78, 5) is 0.0916. The Hall–Kier alpha value is -0.590. The molecule has 0 saturated heterocycles. The lowest BCUT2D eigenvalue weighted by Gasteiger charge is -2.08. The van der Waals surface area contributed by atoms with Gasteiger partial charge in [-0.25, -0.2) is 13.1 Å². The molecule has 0 bridgehead atoms. The van der Waals surface area contributed by atoms with Gasteiger partial charge in [0.15, 0.2) is 0 Å². The molecule has 0 saturated carbocycles. The molecule has 0 aliphatic carbocycles. The van der Waals surface area contributed by atoms with Crippen LogP contribution in [0.3, 0.4) is 0 Å². The molecule has 0 aromatic heterocycles. The highest BCUT2D eigenvalue weighted by Gasteiger charge is 2.15. The lowest BCUT2D eigenvalue weighted by atomic mass is 10.2. The van der Waals surface area contributed by atoms with Gasteiger partial charge in [-0.2, -0.15) is 0 Å². The summed E-state index contributed by atoms with van der Waals surface area (Å²) < 4.78 is 26.9. The molecule has 7 heteroatoms. The van der Waals surface area contributed by atoms with E-state index in [4.69, 9.17) is 23.2 Å². The second-order valence-electron chi connectivity index (χ2n) is 4.35. The van der Waals surface area contributed by atoms with Crippen LogP contribution >= 0.6 is 39.1 Å². The van der Waals surface area contributed by atoms with Crippen LogP contribution in [-0.2, 0) is 21.9 Å². The van der Waals surface area contributed by atoms with E-state index in [1.807, 2.05) is 24.3 Å². The molecular weight excluding hydrogens is 397 g/mol. The zero-order valence-corrected chi connectivity index (χ0v) is 14.7. The van der Waals surface area contributed by atoms with Gasteiger partial charge in [-0.1, -0.05) is 63.4 Å². The highest BCUT2D eigenvalue weighted by molar-refractivity contribution is 9.08. The first-order chi connectivity index (χ1) is 9.92. The van der Waals surface area contributed by atoms with Crippen LogP contribution in [0.1, 0.15) is 11.1 Å². The van der Waals surface area contributed by atoms with Crippen LogP contribution in [0.2, 0.25) is 10.0 Å². The Morgan fingerprint density at radius 1 is 0.952 bits per heavy atom. The van der Waals surface area contributed by atoms with Crippen molar-refractivity contribution in [3.63, 3.8) is 0 Å². The van der Waals surface area contributed by atoms with E-state index < -0.39 is 10.0 Å². The van der Waals surface area contributed by atoms with E-state index in [0.29, 0.717) is 5.02 Å². The van der Waals surface area contributed by atoms with Gasteiger partial charge >= 0.3 is 0 Å². The van der Waals surface area contributed by atoms with Crippen molar-refractivity contribution in [2.24, 2.45) is 0 Å². The smallest absolute Gasteiger partial charge is 0.207 e. The van der Waals surface area contributed by atoms with E-state index in [-0.39, 0.29) is 16.5 Å². The van der Waals surface area contributed by atoms with Crippen LogP contribution in [0.25, 0.3) is 0 Å². The Bertz CT molecular complexity index is 733. The maximum Gasteiger partial charge on any atom is 0.240 e. The summed E-state index contributed by atoms with van der Waals surface area (Å²) in [6.07, 6.45) is 0. The summed E-state index contributed by atoms with van der Waals surface area (Å²) in [5, 5.41) is 1.30. The van der Waals surface area contributed by atoms with Gasteiger partial charge < -0.3 is 0 Å². The number of halogens is 3. The third kappa shape index (κ3) is 4.44. The van der Waals surface area contributed by atoms with E-state index in [9.17, 15) is 8.42 Å². The summed E-state index contributed by atoms with van der Waals surface area (Å²) in [5.41, 5.74) is 2.01.